The number of carboxylic acids is 1. The number of phenols is 1. The van der Waals surface area contributed by atoms with Crippen molar-refractivity contribution in [3.8, 4) is 39.6 Å². The number of carbonyl (C=O) groups is 1. The minimum absolute atomic E-state index is 0.0757. The van der Waals surface area contributed by atoms with Gasteiger partial charge in [-0.15, -0.1) is 0 Å². The fourth-order valence-electron chi connectivity index (χ4n) is 4.90. The topological polar surface area (TPSA) is 80.9 Å². The van der Waals surface area contributed by atoms with Crippen LogP contribution < -0.4 is 9.47 Å². The first-order valence-electron chi connectivity index (χ1n) is 10.2. The van der Waals surface area contributed by atoms with Gasteiger partial charge in [-0.25, -0.2) is 4.79 Å². The molecule has 2 heterocycles. The summed E-state index contributed by atoms with van der Waals surface area (Å²) in [7, 11) is 3.17. The Morgan fingerprint density at radius 3 is 2.16 bits per heavy atom. The predicted molar refractivity (Wildman–Crippen MR) is 120 cm³/mol. The summed E-state index contributed by atoms with van der Waals surface area (Å²) in [6.07, 6.45) is 0.754. The largest absolute Gasteiger partial charge is 0.507 e. The molecule has 1 aliphatic rings. The van der Waals surface area contributed by atoms with Gasteiger partial charge in [-0.2, -0.15) is 0 Å². The Balaban J connectivity index is 2.10. The van der Waals surface area contributed by atoms with Crippen LogP contribution in [-0.2, 0) is 6.42 Å². The number of methoxy groups -OCH3 is 2. The van der Waals surface area contributed by atoms with E-state index in [1.807, 2.05) is 45.0 Å². The van der Waals surface area contributed by atoms with Crippen LogP contribution in [0.15, 0.2) is 24.3 Å². The number of hydrogen-bond donors (Lipinski definition) is 2. The molecule has 0 saturated carbocycles. The number of phenolic OH excluding ortho intramolecular Hbond substituents is 1. The van der Waals surface area contributed by atoms with E-state index in [9.17, 15) is 15.0 Å². The van der Waals surface area contributed by atoms with Gasteiger partial charge in [0.1, 0.15) is 5.75 Å². The van der Waals surface area contributed by atoms with Gasteiger partial charge in [-0.3, -0.25) is 0 Å². The number of hydrogen-bond acceptors (Lipinski definition) is 4. The van der Waals surface area contributed by atoms with Gasteiger partial charge in [0, 0.05) is 22.9 Å². The second-order valence-corrected chi connectivity index (χ2v) is 8.24. The van der Waals surface area contributed by atoms with Crippen LogP contribution in [-0.4, -0.2) is 35.0 Å². The van der Waals surface area contributed by atoms with Crippen molar-refractivity contribution in [2.45, 2.75) is 40.2 Å². The monoisotopic (exact) mass is 421 g/mol. The van der Waals surface area contributed by atoms with Crippen molar-refractivity contribution in [3.05, 3.63) is 52.2 Å². The van der Waals surface area contributed by atoms with E-state index in [2.05, 4.69) is 11.5 Å². The summed E-state index contributed by atoms with van der Waals surface area (Å²) in [6.45, 7) is 7.71. The lowest BCUT2D eigenvalue weighted by molar-refractivity contribution is 0.0698. The fraction of sp³-hybridized carbons (Fsp3) is 0.320. The third-order valence-corrected chi connectivity index (χ3v) is 6.27. The molecule has 0 saturated heterocycles. The number of aromatic hydroxyl groups is 1. The molecule has 162 valence electrons. The first-order chi connectivity index (χ1) is 14.7. The van der Waals surface area contributed by atoms with Gasteiger partial charge >= 0.3 is 5.97 Å². The van der Waals surface area contributed by atoms with Crippen LogP contribution in [0.2, 0.25) is 0 Å². The highest BCUT2D eigenvalue weighted by Gasteiger charge is 2.34. The van der Waals surface area contributed by atoms with Gasteiger partial charge in [0.05, 0.1) is 25.5 Å². The molecule has 0 amide bonds. The number of aryl methyl sites for hydroxylation is 2. The van der Waals surface area contributed by atoms with E-state index in [1.54, 1.807) is 14.2 Å². The van der Waals surface area contributed by atoms with Crippen LogP contribution in [0.5, 0.6) is 17.2 Å². The van der Waals surface area contributed by atoms with E-state index in [-0.39, 0.29) is 17.4 Å². The van der Waals surface area contributed by atoms with Crippen molar-refractivity contribution in [2.24, 2.45) is 0 Å². The van der Waals surface area contributed by atoms with Crippen LogP contribution in [0.3, 0.4) is 0 Å². The molecule has 2 aromatic carbocycles. The minimum Gasteiger partial charge on any atom is -0.507 e. The Labute approximate surface area is 181 Å². The Morgan fingerprint density at radius 2 is 1.61 bits per heavy atom. The van der Waals surface area contributed by atoms with Crippen molar-refractivity contribution in [3.63, 3.8) is 0 Å². The van der Waals surface area contributed by atoms with Crippen molar-refractivity contribution in [1.82, 2.24) is 4.57 Å². The lowest BCUT2D eigenvalue weighted by Gasteiger charge is -2.28. The maximum Gasteiger partial charge on any atom is 0.338 e. The minimum atomic E-state index is -0.981. The number of carboxylic acid groups (broad SMARTS) is 1. The smallest absolute Gasteiger partial charge is 0.338 e. The van der Waals surface area contributed by atoms with E-state index in [4.69, 9.17) is 9.47 Å². The second-order valence-electron chi connectivity index (χ2n) is 8.24. The molecule has 31 heavy (non-hydrogen) atoms. The first kappa shape index (κ1) is 20.8. The van der Waals surface area contributed by atoms with Crippen molar-refractivity contribution in [1.29, 1.82) is 0 Å². The average Bonchev–Trinajstić information content (AvgIpc) is 3.04. The highest BCUT2D eigenvalue weighted by molar-refractivity contribution is 6.05. The SMILES string of the molecule is COc1cc2c(cc1OC)-c1c(C(=O)O)c(-c3cc(C)c(O)c(C)c3)c(C)n1C(C)C2. The molecule has 1 unspecified atom stereocenters. The zero-order valence-electron chi connectivity index (χ0n) is 18.7. The number of rotatable bonds is 4. The van der Waals surface area contributed by atoms with Gasteiger partial charge in [-0.1, -0.05) is 0 Å². The summed E-state index contributed by atoms with van der Waals surface area (Å²) in [5.41, 5.74) is 6.62. The van der Waals surface area contributed by atoms with Gasteiger partial charge in [0.2, 0.25) is 0 Å². The third-order valence-electron chi connectivity index (χ3n) is 6.27. The molecule has 6 nitrogen and oxygen atoms in total. The predicted octanol–water partition coefficient (Wildman–Crippen LogP) is 5.29. The molecular weight excluding hydrogens is 394 g/mol. The molecule has 6 heteroatoms. The van der Waals surface area contributed by atoms with E-state index in [0.29, 0.717) is 22.8 Å². The Bertz CT molecular complexity index is 1200. The quantitative estimate of drug-likeness (QED) is 0.599. The van der Waals surface area contributed by atoms with Crippen LogP contribution in [0.25, 0.3) is 22.4 Å². The van der Waals surface area contributed by atoms with Crippen molar-refractivity contribution in [2.75, 3.05) is 14.2 Å². The molecule has 0 radical (unpaired) electrons. The van der Waals surface area contributed by atoms with Gasteiger partial charge in [0.25, 0.3) is 0 Å². The summed E-state index contributed by atoms with van der Waals surface area (Å²) in [6, 6.07) is 7.59. The zero-order chi connectivity index (χ0) is 22.6. The average molecular weight is 421 g/mol. The maximum absolute atomic E-state index is 12.6. The normalized spacial score (nSPS) is 14.7. The first-order valence-corrected chi connectivity index (χ1v) is 10.2. The molecule has 1 atom stereocenters. The molecule has 1 aliphatic heterocycles. The second kappa shape index (κ2) is 7.38. The molecule has 0 spiro atoms. The maximum atomic E-state index is 12.6. The highest BCUT2D eigenvalue weighted by atomic mass is 16.5. The van der Waals surface area contributed by atoms with Crippen LogP contribution in [0.4, 0.5) is 0 Å². The standard InChI is InChI=1S/C25H27NO5/c1-12-7-17(8-13(2)24(12)27)21-15(4)26-14(3)9-16-10-19(30-5)20(31-6)11-18(16)23(26)22(21)25(28)29/h7-8,10-11,14,27H,9H2,1-6H3,(H,28,29). The molecule has 0 fully saturated rings. The Hall–Kier alpha value is -3.41. The third kappa shape index (κ3) is 3.05. The molecule has 0 aliphatic carbocycles. The van der Waals surface area contributed by atoms with Crippen LogP contribution in [0.1, 0.15) is 45.7 Å². The summed E-state index contributed by atoms with van der Waals surface area (Å²) >= 11 is 0. The lowest BCUT2D eigenvalue weighted by Crippen LogP contribution is -2.18. The van der Waals surface area contributed by atoms with Crippen LogP contribution >= 0.6 is 0 Å². The van der Waals surface area contributed by atoms with Crippen molar-refractivity contribution < 1.29 is 24.5 Å². The number of aromatic carboxylic acids is 1. The fourth-order valence-corrected chi connectivity index (χ4v) is 4.90. The van der Waals surface area contributed by atoms with E-state index < -0.39 is 5.97 Å². The molecule has 0 bridgehead atoms. The van der Waals surface area contributed by atoms with Crippen LogP contribution in [0, 0.1) is 20.8 Å². The van der Waals surface area contributed by atoms with Gasteiger partial charge in [0.15, 0.2) is 11.5 Å². The number of nitrogens with zero attached hydrogens (tertiary/aromatic N) is 1. The molecular formula is C25H27NO5. The molecule has 1 aromatic heterocycles. The molecule has 4 rings (SSSR count). The van der Waals surface area contributed by atoms with Gasteiger partial charge < -0.3 is 24.3 Å². The van der Waals surface area contributed by atoms with E-state index in [0.717, 1.165) is 39.9 Å². The molecule has 3 aromatic rings. The number of fused-ring (bicyclic) bond motifs is 3. The Morgan fingerprint density at radius 1 is 1.03 bits per heavy atom. The number of ether oxygens (including phenoxy) is 2. The number of benzene rings is 2. The summed E-state index contributed by atoms with van der Waals surface area (Å²) < 4.78 is 13.1. The van der Waals surface area contributed by atoms with Crippen molar-refractivity contribution >= 4 is 5.97 Å². The van der Waals surface area contributed by atoms with E-state index in [1.165, 1.54) is 0 Å². The molecule has 2 N–H and O–H groups in total. The van der Waals surface area contributed by atoms with Gasteiger partial charge in [-0.05, 0) is 80.6 Å². The number of aromatic nitrogens is 1. The summed E-state index contributed by atoms with van der Waals surface area (Å²) in [5.74, 6) is 0.449. The zero-order valence-corrected chi connectivity index (χ0v) is 18.7. The summed E-state index contributed by atoms with van der Waals surface area (Å²) in [5, 5.41) is 20.5. The summed E-state index contributed by atoms with van der Waals surface area (Å²) in [4.78, 5) is 12.6. The highest BCUT2D eigenvalue weighted by Crippen LogP contribution is 2.48. The van der Waals surface area contributed by atoms with E-state index >= 15 is 0 Å². The Kier molecular flexibility index (Phi) is 4.96. The lowest BCUT2D eigenvalue weighted by atomic mass is 9.90.